The van der Waals surface area contributed by atoms with Crippen molar-refractivity contribution in [3.05, 3.63) is 17.5 Å². The third kappa shape index (κ3) is 3.93. The molecular weight excluding hydrogens is 314 g/mol. The Kier molecular flexibility index (Phi) is 5.81. The Hall–Kier alpha value is -1.40. The lowest BCUT2D eigenvalue weighted by Gasteiger charge is -2.41. The molecule has 2 aliphatic heterocycles. The van der Waals surface area contributed by atoms with Crippen molar-refractivity contribution < 1.29 is 4.79 Å². The normalized spacial score (nSPS) is 24.0. The molecule has 23 heavy (non-hydrogen) atoms. The van der Waals surface area contributed by atoms with Gasteiger partial charge >= 0.3 is 0 Å². The molecule has 2 saturated heterocycles. The van der Waals surface area contributed by atoms with Crippen molar-refractivity contribution in [1.82, 2.24) is 20.2 Å². The number of fused-ring (bicyclic) bond motifs is 1. The topological polar surface area (TPSA) is 84.1 Å². The van der Waals surface area contributed by atoms with Crippen molar-refractivity contribution in [2.75, 3.05) is 25.4 Å². The summed E-state index contributed by atoms with van der Waals surface area (Å²) in [5.74, 6) is 0.962. The van der Waals surface area contributed by atoms with E-state index in [1.165, 1.54) is 12.8 Å². The standard InChI is InChI=1S/C16H25N5O.ClH/c1-10(2)13-8-14(20-16(17)19-13)15(22)21-7-5-12-11(9-21)4-3-6-18-12;/h8,10-12,18H,3-7,9H2,1-2H3,(H2,17,19,20);1H/t11-,12+;/m1./s1. The van der Waals surface area contributed by atoms with Crippen molar-refractivity contribution in [3.63, 3.8) is 0 Å². The van der Waals surface area contributed by atoms with Crippen LogP contribution in [-0.2, 0) is 0 Å². The second kappa shape index (κ2) is 7.45. The summed E-state index contributed by atoms with van der Waals surface area (Å²) in [6.07, 6.45) is 3.42. The van der Waals surface area contributed by atoms with E-state index in [0.29, 0.717) is 17.7 Å². The SMILES string of the molecule is CC(C)c1cc(C(=O)N2CC[C@@H]3NCCC[C@@H]3C2)nc(N)n1.Cl. The predicted molar refractivity (Wildman–Crippen MR) is 92.8 cm³/mol. The van der Waals surface area contributed by atoms with Crippen LogP contribution in [-0.4, -0.2) is 46.5 Å². The second-order valence-corrected chi connectivity index (χ2v) is 6.69. The Morgan fingerprint density at radius 1 is 1.39 bits per heavy atom. The van der Waals surface area contributed by atoms with Gasteiger partial charge in [-0.15, -0.1) is 12.4 Å². The predicted octanol–water partition coefficient (Wildman–Crippen LogP) is 1.82. The molecule has 0 bridgehead atoms. The first-order chi connectivity index (χ1) is 10.5. The number of anilines is 1. The summed E-state index contributed by atoms with van der Waals surface area (Å²) in [6.45, 7) is 6.78. The molecule has 3 rings (SSSR count). The molecule has 0 unspecified atom stereocenters. The molecular formula is C16H26ClN5O. The Morgan fingerprint density at radius 2 is 2.17 bits per heavy atom. The van der Waals surface area contributed by atoms with Gasteiger partial charge in [0, 0.05) is 24.8 Å². The minimum Gasteiger partial charge on any atom is -0.368 e. The first kappa shape index (κ1) is 17.9. The van der Waals surface area contributed by atoms with Crippen molar-refractivity contribution >= 4 is 24.3 Å². The minimum absolute atomic E-state index is 0. The van der Waals surface area contributed by atoms with Crippen LogP contribution in [0.15, 0.2) is 6.07 Å². The number of hydrogen-bond acceptors (Lipinski definition) is 5. The maximum atomic E-state index is 12.8. The number of rotatable bonds is 2. The van der Waals surface area contributed by atoms with Crippen LogP contribution in [0.25, 0.3) is 0 Å². The highest BCUT2D eigenvalue weighted by Crippen LogP contribution is 2.26. The van der Waals surface area contributed by atoms with Crippen LogP contribution in [0.3, 0.4) is 0 Å². The largest absolute Gasteiger partial charge is 0.368 e. The molecule has 1 aromatic rings. The van der Waals surface area contributed by atoms with Gasteiger partial charge in [-0.1, -0.05) is 13.8 Å². The van der Waals surface area contributed by atoms with Crippen LogP contribution in [0.1, 0.15) is 55.2 Å². The number of hydrogen-bond donors (Lipinski definition) is 2. The summed E-state index contributed by atoms with van der Waals surface area (Å²) in [6, 6.07) is 2.36. The smallest absolute Gasteiger partial charge is 0.272 e. The highest BCUT2D eigenvalue weighted by Gasteiger charge is 2.33. The number of nitrogens with zero attached hydrogens (tertiary/aromatic N) is 3. The van der Waals surface area contributed by atoms with Crippen LogP contribution in [0.4, 0.5) is 5.95 Å². The molecule has 0 saturated carbocycles. The Labute approximate surface area is 143 Å². The third-order valence-corrected chi connectivity index (χ3v) is 4.75. The summed E-state index contributed by atoms with van der Waals surface area (Å²) < 4.78 is 0. The van der Waals surface area contributed by atoms with Gasteiger partial charge in [0.15, 0.2) is 0 Å². The number of carbonyl (C=O) groups excluding carboxylic acids is 1. The number of halogens is 1. The van der Waals surface area contributed by atoms with E-state index in [0.717, 1.165) is 31.7 Å². The van der Waals surface area contributed by atoms with Crippen molar-refractivity contribution in [2.45, 2.75) is 45.1 Å². The van der Waals surface area contributed by atoms with Gasteiger partial charge in [-0.25, -0.2) is 9.97 Å². The van der Waals surface area contributed by atoms with Gasteiger partial charge in [-0.2, -0.15) is 0 Å². The highest BCUT2D eigenvalue weighted by atomic mass is 35.5. The molecule has 0 aromatic carbocycles. The van der Waals surface area contributed by atoms with Crippen LogP contribution < -0.4 is 11.1 Å². The molecule has 0 radical (unpaired) electrons. The number of aromatic nitrogens is 2. The van der Waals surface area contributed by atoms with E-state index < -0.39 is 0 Å². The number of nitrogens with two attached hydrogens (primary N) is 1. The number of carbonyl (C=O) groups is 1. The maximum absolute atomic E-state index is 12.8. The minimum atomic E-state index is -0.0139. The Balaban J connectivity index is 0.00000192. The lowest BCUT2D eigenvalue weighted by atomic mass is 9.85. The lowest BCUT2D eigenvalue weighted by Crippen LogP contribution is -2.53. The zero-order valence-corrected chi connectivity index (χ0v) is 14.6. The molecule has 2 atom stereocenters. The maximum Gasteiger partial charge on any atom is 0.272 e. The molecule has 1 amide bonds. The van der Waals surface area contributed by atoms with Crippen LogP contribution >= 0.6 is 12.4 Å². The quantitative estimate of drug-likeness (QED) is 0.858. The fraction of sp³-hybridized carbons (Fsp3) is 0.688. The average Bonchev–Trinajstić information content (AvgIpc) is 2.53. The van der Waals surface area contributed by atoms with Gasteiger partial charge in [0.2, 0.25) is 5.95 Å². The summed E-state index contributed by atoms with van der Waals surface area (Å²) >= 11 is 0. The van der Waals surface area contributed by atoms with Gasteiger partial charge in [0.05, 0.1) is 0 Å². The molecule has 2 aliphatic rings. The fourth-order valence-corrected chi connectivity index (χ4v) is 3.48. The van der Waals surface area contributed by atoms with Crippen LogP contribution in [0.2, 0.25) is 0 Å². The third-order valence-electron chi connectivity index (χ3n) is 4.75. The number of amides is 1. The Bertz CT molecular complexity index is 565. The number of nitrogens with one attached hydrogen (secondary N) is 1. The summed E-state index contributed by atoms with van der Waals surface area (Å²) in [5, 5.41) is 3.57. The van der Waals surface area contributed by atoms with E-state index in [-0.39, 0.29) is 30.2 Å². The number of piperidine rings is 2. The zero-order valence-electron chi connectivity index (χ0n) is 13.8. The second-order valence-electron chi connectivity index (χ2n) is 6.69. The van der Waals surface area contributed by atoms with Gasteiger partial charge in [0.1, 0.15) is 5.69 Å². The van der Waals surface area contributed by atoms with Crippen molar-refractivity contribution in [1.29, 1.82) is 0 Å². The van der Waals surface area contributed by atoms with E-state index in [2.05, 4.69) is 15.3 Å². The molecule has 128 valence electrons. The van der Waals surface area contributed by atoms with E-state index >= 15 is 0 Å². The fourth-order valence-electron chi connectivity index (χ4n) is 3.48. The molecule has 6 nitrogen and oxygen atoms in total. The van der Waals surface area contributed by atoms with Crippen molar-refractivity contribution in [2.24, 2.45) is 5.92 Å². The van der Waals surface area contributed by atoms with E-state index in [1.807, 2.05) is 18.7 Å². The molecule has 2 fully saturated rings. The van der Waals surface area contributed by atoms with Gasteiger partial charge < -0.3 is 16.0 Å². The monoisotopic (exact) mass is 339 g/mol. The number of likely N-dealkylation sites (tertiary alicyclic amines) is 1. The molecule has 0 aliphatic carbocycles. The average molecular weight is 340 g/mol. The van der Waals surface area contributed by atoms with Gasteiger partial charge in [-0.05, 0) is 43.7 Å². The van der Waals surface area contributed by atoms with Gasteiger partial charge in [0.25, 0.3) is 5.91 Å². The van der Waals surface area contributed by atoms with Crippen LogP contribution in [0, 0.1) is 5.92 Å². The Morgan fingerprint density at radius 3 is 2.91 bits per heavy atom. The van der Waals surface area contributed by atoms with Gasteiger partial charge in [-0.3, -0.25) is 4.79 Å². The first-order valence-corrected chi connectivity index (χ1v) is 8.21. The molecule has 0 spiro atoms. The van der Waals surface area contributed by atoms with E-state index in [9.17, 15) is 4.79 Å². The lowest BCUT2D eigenvalue weighted by molar-refractivity contribution is 0.0587. The summed E-state index contributed by atoms with van der Waals surface area (Å²) in [4.78, 5) is 23.1. The van der Waals surface area contributed by atoms with E-state index in [1.54, 1.807) is 6.07 Å². The zero-order chi connectivity index (χ0) is 15.7. The molecule has 3 heterocycles. The number of nitrogen functional groups attached to an aromatic ring is 1. The molecule has 7 heteroatoms. The van der Waals surface area contributed by atoms with E-state index in [4.69, 9.17) is 5.73 Å². The summed E-state index contributed by atoms with van der Waals surface area (Å²) in [5.41, 5.74) is 7.02. The first-order valence-electron chi connectivity index (χ1n) is 8.21. The van der Waals surface area contributed by atoms with Crippen molar-refractivity contribution in [3.8, 4) is 0 Å². The highest BCUT2D eigenvalue weighted by molar-refractivity contribution is 5.92. The summed E-state index contributed by atoms with van der Waals surface area (Å²) in [7, 11) is 0. The molecule has 3 N–H and O–H groups in total. The van der Waals surface area contributed by atoms with Crippen LogP contribution in [0.5, 0.6) is 0 Å². The molecule has 1 aromatic heterocycles.